The third-order valence-corrected chi connectivity index (χ3v) is 7.79. The van der Waals surface area contributed by atoms with Gasteiger partial charge in [0, 0.05) is 22.2 Å². The van der Waals surface area contributed by atoms with E-state index >= 15 is 0 Å². The summed E-state index contributed by atoms with van der Waals surface area (Å²) in [6, 6.07) is 10.7. The zero-order valence-corrected chi connectivity index (χ0v) is 21.7. The number of anilines is 1. The summed E-state index contributed by atoms with van der Waals surface area (Å²) < 4.78 is 47.1. The van der Waals surface area contributed by atoms with Crippen LogP contribution < -0.4 is 9.46 Å². The molecule has 0 bridgehead atoms. The average Bonchev–Trinajstić information content (AvgIpc) is 3.19. The van der Waals surface area contributed by atoms with Crippen LogP contribution in [0.4, 0.5) is 15.2 Å². The largest absolute Gasteiger partial charge is 0.504 e. The number of phenols is 1. The summed E-state index contributed by atoms with van der Waals surface area (Å²) in [6.45, 7) is 3.38. The van der Waals surface area contributed by atoms with Crippen molar-refractivity contribution in [3.05, 3.63) is 75.5 Å². The number of nitrogens with one attached hydrogen (secondary N) is 1. The van der Waals surface area contributed by atoms with Crippen molar-refractivity contribution in [1.29, 1.82) is 0 Å². The van der Waals surface area contributed by atoms with Crippen molar-refractivity contribution < 1.29 is 22.7 Å². The number of phenolic OH excluding ortho intramolecular Hbond substituents is 1. The van der Waals surface area contributed by atoms with Crippen LogP contribution in [0.15, 0.2) is 58.7 Å². The summed E-state index contributed by atoms with van der Waals surface area (Å²) in [4.78, 5) is 13.4. The summed E-state index contributed by atoms with van der Waals surface area (Å²) in [5.41, 5.74) is 2.26. The number of benzene rings is 2. The van der Waals surface area contributed by atoms with E-state index in [4.69, 9.17) is 16.3 Å². The molecule has 4 rings (SSSR count). The van der Waals surface area contributed by atoms with Gasteiger partial charge in [-0.25, -0.2) is 14.4 Å². The van der Waals surface area contributed by atoms with Crippen LogP contribution in [-0.2, 0) is 10.0 Å². The van der Waals surface area contributed by atoms with Gasteiger partial charge in [0.05, 0.1) is 29.7 Å². The summed E-state index contributed by atoms with van der Waals surface area (Å²) in [6.07, 6.45) is 2.75. The Kier molecular flexibility index (Phi) is 7.25. The number of aromatic hydroxyl groups is 1. The summed E-state index contributed by atoms with van der Waals surface area (Å²) in [5, 5.41) is 10.1. The standard InChI is InChI=1S/C24H20ClFN4O4S2/c1-13-9-17(27-11-16-5-4-6-20(34-3)22(16)31)12-28-23(13)36(32,33)30-24-29-21(14(2)35-24)15-7-8-19(26)18(25)10-15/h4-12,31H,1-3H3,(H,29,30). The van der Waals surface area contributed by atoms with Gasteiger partial charge in [0.2, 0.25) is 0 Å². The molecule has 0 spiro atoms. The van der Waals surface area contributed by atoms with Crippen LogP contribution in [0.25, 0.3) is 11.3 Å². The molecule has 2 aromatic carbocycles. The highest BCUT2D eigenvalue weighted by Crippen LogP contribution is 2.34. The topological polar surface area (TPSA) is 114 Å². The Bertz CT molecular complexity index is 1590. The lowest BCUT2D eigenvalue weighted by Crippen LogP contribution is -2.15. The van der Waals surface area contributed by atoms with E-state index in [0.717, 1.165) is 16.2 Å². The number of hydrogen-bond donors (Lipinski definition) is 2. The molecule has 8 nitrogen and oxygen atoms in total. The number of rotatable bonds is 7. The number of thiazole rings is 1. The van der Waals surface area contributed by atoms with E-state index in [1.54, 1.807) is 38.1 Å². The van der Waals surface area contributed by atoms with Gasteiger partial charge in [-0.15, -0.1) is 11.3 Å². The highest BCUT2D eigenvalue weighted by molar-refractivity contribution is 7.92. The molecule has 0 saturated heterocycles. The lowest BCUT2D eigenvalue weighted by atomic mass is 10.1. The van der Waals surface area contributed by atoms with Crippen molar-refractivity contribution in [2.45, 2.75) is 18.9 Å². The maximum Gasteiger partial charge on any atom is 0.281 e. The molecule has 0 fully saturated rings. The van der Waals surface area contributed by atoms with Gasteiger partial charge in [-0.2, -0.15) is 8.42 Å². The highest BCUT2D eigenvalue weighted by atomic mass is 35.5. The van der Waals surface area contributed by atoms with Crippen molar-refractivity contribution in [2.24, 2.45) is 4.99 Å². The third kappa shape index (κ3) is 5.32. The first-order chi connectivity index (χ1) is 17.1. The van der Waals surface area contributed by atoms with Gasteiger partial charge in [0.1, 0.15) is 5.82 Å². The van der Waals surface area contributed by atoms with Crippen molar-refractivity contribution >= 4 is 50.0 Å². The first-order valence-corrected chi connectivity index (χ1v) is 13.1. The van der Waals surface area contributed by atoms with Crippen molar-refractivity contribution in [1.82, 2.24) is 9.97 Å². The molecule has 0 aliphatic rings. The first kappa shape index (κ1) is 25.5. The van der Waals surface area contributed by atoms with Crippen LogP contribution >= 0.6 is 22.9 Å². The number of para-hydroxylation sites is 1. The van der Waals surface area contributed by atoms with E-state index in [0.29, 0.717) is 33.8 Å². The molecule has 12 heteroatoms. The van der Waals surface area contributed by atoms with Gasteiger partial charge in [-0.3, -0.25) is 9.71 Å². The molecule has 0 radical (unpaired) electrons. The number of sulfonamides is 1. The van der Waals surface area contributed by atoms with E-state index in [9.17, 15) is 17.9 Å². The minimum atomic E-state index is -4.05. The smallest absolute Gasteiger partial charge is 0.281 e. The Hall–Kier alpha value is -3.54. The fraction of sp³-hybridized carbons (Fsp3) is 0.125. The Morgan fingerprint density at radius 1 is 1.22 bits per heavy atom. The SMILES string of the molecule is COc1cccc(C=Nc2cnc(S(=O)(=O)Nc3nc(-c4ccc(F)c(Cl)c4)c(C)s3)c(C)c2)c1O. The van der Waals surface area contributed by atoms with Gasteiger partial charge in [0.25, 0.3) is 10.0 Å². The number of hydrogen-bond acceptors (Lipinski definition) is 8. The molecular weight excluding hydrogens is 527 g/mol. The van der Waals surface area contributed by atoms with Gasteiger partial charge in [-0.05, 0) is 55.8 Å². The second kappa shape index (κ2) is 10.2. The summed E-state index contributed by atoms with van der Waals surface area (Å²) in [5.74, 6) is -0.300. The van der Waals surface area contributed by atoms with Crippen LogP contribution in [0.1, 0.15) is 16.0 Å². The molecule has 0 saturated carbocycles. The van der Waals surface area contributed by atoms with Gasteiger partial charge in [-0.1, -0.05) is 17.7 Å². The molecule has 0 amide bonds. The number of aromatic nitrogens is 2. The monoisotopic (exact) mass is 546 g/mol. The lowest BCUT2D eigenvalue weighted by Gasteiger charge is -2.08. The second-order valence-electron chi connectivity index (χ2n) is 7.63. The predicted octanol–water partition coefficient (Wildman–Crippen LogP) is 5.88. The molecule has 2 heterocycles. The van der Waals surface area contributed by atoms with Gasteiger partial charge >= 0.3 is 0 Å². The molecule has 0 aliphatic carbocycles. The Balaban J connectivity index is 1.56. The molecule has 0 unspecified atom stereocenters. The van der Waals surface area contributed by atoms with E-state index < -0.39 is 15.8 Å². The number of nitrogens with zero attached hydrogens (tertiary/aromatic N) is 3. The van der Waals surface area contributed by atoms with Crippen molar-refractivity contribution in [3.8, 4) is 22.8 Å². The zero-order chi connectivity index (χ0) is 26.0. The minimum Gasteiger partial charge on any atom is -0.504 e. The summed E-state index contributed by atoms with van der Waals surface area (Å²) in [7, 11) is -2.60. The van der Waals surface area contributed by atoms with Gasteiger partial charge < -0.3 is 9.84 Å². The number of methoxy groups -OCH3 is 1. The molecule has 0 atom stereocenters. The number of aliphatic imine (C=N–C) groups is 1. The fourth-order valence-electron chi connectivity index (χ4n) is 3.37. The molecular formula is C24H20ClFN4O4S2. The van der Waals surface area contributed by atoms with Crippen molar-refractivity contribution in [2.75, 3.05) is 11.8 Å². The highest BCUT2D eigenvalue weighted by Gasteiger charge is 2.22. The molecule has 2 N–H and O–H groups in total. The van der Waals surface area contributed by atoms with Crippen LogP contribution in [0.5, 0.6) is 11.5 Å². The maximum atomic E-state index is 13.5. The minimum absolute atomic E-state index is 0.0498. The van der Waals surface area contributed by atoms with Crippen LogP contribution in [0.3, 0.4) is 0 Å². The van der Waals surface area contributed by atoms with Crippen LogP contribution in [0.2, 0.25) is 5.02 Å². The molecule has 186 valence electrons. The first-order valence-electron chi connectivity index (χ1n) is 10.4. The number of pyridine rings is 1. The Morgan fingerprint density at radius 2 is 2.00 bits per heavy atom. The molecule has 4 aromatic rings. The Labute approximate surface area is 216 Å². The quantitative estimate of drug-likeness (QED) is 0.280. The normalized spacial score (nSPS) is 11.7. The second-order valence-corrected chi connectivity index (χ2v) is 10.8. The average molecular weight is 547 g/mol. The number of halogens is 2. The van der Waals surface area contributed by atoms with E-state index in [1.165, 1.54) is 37.7 Å². The van der Waals surface area contributed by atoms with Gasteiger partial charge in [0.15, 0.2) is 21.7 Å². The number of ether oxygens (including phenoxy) is 1. The molecule has 0 aliphatic heterocycles. The van der Waals surface area contributed by atoms with Crippen molar-refractivity contribution in [3.63, 3.8) is 0 Å². The number of aryl methyl sites for hydroxylation is 2. The molecule has 2 aromatic heterocycles. The Morgan fingerprint density at radius 3 is 2.69 bits per heavy atom. The fourth-order valence-corrected chi connectivity index (χ4v) is 5.78. The third-order valence-electron chi connectivity index (χ3n) is 5.08. The van der Waals surface area contributed by atoms with E-state index in [-0.39, 0.29) is 20.9 Å². The maximum absolute atomic E-state index is 13.5. The zero-order valence-electron chi connectivity index (χ0n) is 19.3. The van der Waals surface area contributed by atoms with Crippen LogP contribution in [0, 0.1) is 19.7 Å². The molecule has 36 heavy (non-hydrogen) atoms. The van der Waals surface area contributed by atoms with Crippen LogP contribution in [-0.4, -0.2) is 36.8 Å². The van der Waals surface area contributed by atoms with E-state index in [1.807, 2.05) is 0 Å². The predicted molar refractivity (Wildman–Crippen MR) is 139 cm³/mol. The summed E-state index contributed by atoms with van der Waals surface area (Å²) >= 11 is 7.01. The van der Waals surface area contributed by atoms with E-state index in [2.05, 4.69) is 19.7 Å². The lowest BCUT2D eigenvalue weighted by molar-refractivity contribution is 0.373.